The summed E-state index contributed by atoms with van der Waals surface area (Å²) in [5, 5.41) is 4.58. The highest BCUT2D eigenvalue weighted by Crippen LogP contribution is 2.01. The lowest BCUT2D eigenvalue weighted by Gasteiger charge is -2.22. The summed E-state index contributed by atoms with van der Waals surface area (Å²) in [4.78, 5) is 12.8. The molecule has 1 amide bonds. The van der Waals surface area contributed by atoms with E-state index in [9.17, 15) is 13.2 Å². The minimum atomic E-state index is -4.02. The highest BCUT2D eigenvalue weighted by molar-refractivity contribution is 7.84. The van der Waals surface area contributed by atoms with Crippen LogP contribution in [-0.2, 0) is 19.3 Å². The van der Waals surface area contributed by atoms with Crippen molar-refractivity contribution in [3.8, 4) is 0 Å². The lowest BCUT2D eigenvalue weighted by Crippen LogP contribution is -2.37. The summed E-state index contributed by atoms with van der Waals surface area (Å²) >= 11 is 0. The Bertz CT molecular complexity index is 336. The number of carbonyl (C=O) groups excluding carboxylic acids is 1. The van der Waals surface area contributed by atoms with Crippen molar-refractivity contribution in [2.75, 3.05) is 19.7 Å². The Morgan fingerprint density at radius 3 is 2.71 bits per heavy atom. The minimum absolute atomic E-state index is 0.372. The van der Waals surface area contributed by atoms with Crippen LogP contribution in [0.5, 0.6) is 0 Å². The Kier molecular flexibility index (Phi) is 3.62. The monoisotopic (exact) mass is 220 g/mol. The fourth-order valence-electron chi connectivity index (χ4n) is 1.09. The van der Waals surface area contributed by atoms with E-state index in [1.165, 1.54) is 4.90 Å². The van der Waals surface area contributed by atoms with Crippen LogP contribution in [0.25, 0.3) is 0 Å². The molecule has 0 aromatic rings. The first-order valence-electron chi connectivity index (χ1n) is 4.09. The van der Waals surface area contributed by atoms with Crippen molar-refractivity contribution in [2.45, 2.75) is 6.42 Å². The van der Waals surface area contributed by atoms with Gasteiger partial charge in [0.2, 0.25) is 5.91 Å². The van der Waals surface area contributed by atoms with Crippen molar-refractivity contribution in [3.63, 3.8) is 0 Å². The molecule has 14 heavy (non-hydrogen) atoms. The molecule has 0 unspecified atom stereocenters. The average molecular weight is 220 g/mol. The van der Waals surface area contributed by atoms with Crippen LogP contribution in [0, 0.1) is 0 Å². The zero-order valence-corrected chi connectivity index (χ0v) is 8.37. The summed E-state index contributed by atoms with van der Waals surface area (Å²) in [6, 6.07) is 0. The van der Waals surface area contributed by atoms with Crippen LogP contribution in [-0.4, -0.2) is 38.9 Å². The van der Waals surface area contributed by atoms with Gasteiger partial charge < -0.3 is 4.90 Å². The van der Waals surface area contributed by atoms with E-state index in [1.54, 1.807) is 0 Å². The van der Waals surface area contributed by atoms with E-state index in [4.69, 9.17) is 0 Å². The fourth-order valence-corrected chi connectivity index (χ4v) is 1.36. The van der Waals surface area contributed by atoms with Crippen LogP contribution in [0.15, 0.2) is 12.2 Å². The Labute approximate surface area is 82.6 Å². The van der Waals surface area contributed by atoms with Crippen molar-refractivity contribution >= 4 is 16.2 Å². The van der Waals surface area contributed by atoms with E-state index < -0.39 is 16.9 Å². The molecule has 0 fully saturated rings. The minimum Gasteiger partial charge on any atom is -0.337 e. The molecule has 0 aliphatic carbocycles. The summed E-state index contributed by atoms with van der Waals surface area (Å²) in [7, 11) is -4.02. The lowest BCUT2D eigenvalue weighted by molar-refractivity contribution is -0.132. The highest BCUT2D eigenvalue weighted by atomic mass is 32.2. The van der Waals surface area contributed by atoms with E-state index in [0.717, 1.165) is 6.42 Å². The van der Waals surface area contributed by atoms with E-state index in [2.05, 4.69) is 9.32 Å². The lowest BCUT2D eigenvalue weighted by atomic mass is 10.2. The number of amides is 1. The van der Waals surface area contributed by atoms with Crippen molar-refractivity contribution < 1.29 is 17.4 Å². The number of rotatable bonds is 3. The summed E-state index contributed by atoms with van der Waals surface area (Å²) in [6.07, 6.45) is 4.59. The Morgan fingerprint density at radius 1 is 1.50 bits per heavy atom. The SMILES string of the molecule is NS(=O)(=O)OCC(=O)N1CC=CCC1. The molecule has 0 saturated heterocycles. The highest BCUT2D eigenvalue weighted by Gasteiger charge is 2.16. The molecule has 80 valence electrons. The molecular weight excluding hydrogens is 208 g/mol. The largest absolute Gasteiger partial charge is 0.337 e. The molecule has 2 N–H and O–H groups in total. The second kappa shape index (κ2) is 4.54. The van der Waals surface area contributed by atoms with Gasteiger partial charge in [-0.3, -0.25) is 4.79 Å². The van der Waals surface area contributed by atoms with Gasteiger partial charge in [-0.25, -0.2) is 9.32 Å². The summed E-state index contributed by atoms with van der Waals surface area (Å²) < 4.78 is 25.0. The Balaban J connectivity index is 2.38. The van der Waals surface area contributed by atoms with E-state index >= 15 is 0 Å². The maximum absolute atomic E-state index is 11.3. The van der Waals surface area contributed by atoms with E-state index in [-0.39, 0.29) is 5.91 Å². The summed E-state index contributed by atoms with van der Waals surface area (Å²) in [5.41, 5.74) is 0. The van der Waals surface area contributed by atoms with Gasteiger partial charge in [-0.1, -0.05) is 12.2 Å². The topological polar surface area (TPSA) is 89.7 Å². The molecule has 0 atom stereocenters. The molecule has 0 bridgehead atoms. The Morgan fingerprint density at radius 2 is 2.21 bits per heavy atom. The fraction of sp³-hybridized carbons (Fsp3) is 0.571. The van der Waals surface area contributed by atoms with Gasteiger partial charge in [-0.2, -0.15) is 8.42 Å². The van der Waals surface area contributed by atoms with Gasteiger partial charge in [0.25, 0.3) is 0 Å². The third kappa shape index (κ3) is 3.86. The maximum Gasteiger partial charge on any atom is 0.333 e. The quantitative estimate of drug-likeness (QED) is 0.617. The zero-order chi connectivity index (χ0) is 10.6. The summed E-state index contributed by atoms with van der Waals surface area (Å²) in [6.45, 7) is 0.558. The molecule has 1 heterocycles. The van der Waals surface area contributed by atoms with E-state index in [0.29, 0.717) is 13.1 Å². The van der Waals surface area contributed by atoms with Crippen molar-refractivity contribution in [1.29, 1.82) is 0 Å². The summed E-state index contributed by atoms with van der Waals surface area (Å²) in [5.74, 6) is -0.372. The molecule has 0 spiro atoms. The molecule has 0 radical (unpaired) electrons. The van der Waals surface area contributed by atoms with Crippen LogP contribution in [0.2, 0.25) is 0 Å². The normalized spacial score (nSPS) is 17.1. The van der Waals surface area contributed by atoms with Crippen molar-refractivity contribution in [2.24, 2.45) is 5.14 Å². The van der Waals surface area contributed by atoms with Gasteiger partial charge in [0.15, 0.2) is 0 Å². The van der Waals surface area contributed by atoms with Crippen molar-refractivity contribution in [3.05, 3.63) is 12.2 Å². The van der Waals surface area contributed by atoms with Crippen LogP contribution >= 0.6 is 0 Å². The second-order valence-electron chi connectivity index (χ2n) is 2.85. The molecule has 7 heteroatoms. The van der Waals surface area contributed by atoms with Crippen LogP contribution in [0.1, 0.15) is 6.42 Å². The first-order chi connectivity index (χ1) is 6.49. The predicted octanol–water partition coefficient (Wildman–Crippen LogP) is -1.01. The third-order valence-corrected chi connectivity index (χ3v) is 2.20. The van der Waals surface area contributed by atoms with Gasteiger partial charge in [0.1, 0.15) is 6.61 Å². The van der Waals surface area contributed by atoms with Gasteiger partial charge in [0.05, 0.1) is 0 Å². The molecule has 6 nitrogen and oxygen atoms in total. The number of hydrogen-bond donors (Lipinski definition) is 1. The van der Waals surface area contributed by atoms with Gasteiger partial charge in [0, 0.05) is 13.1 Å². The molecule has 1 aliphatic rings. The molecule has 0 saturated carbocycles. The third-order valence-electron chi connectivity index (χ3n) is 1.76. The second-order valence-corrected chi connectivity index (χ2v) is 4.08. The van der Waals surface area contributed by atoms with Gasteiger partial charge in [-0.05, 0) is 6.42 Å². The Hall–Kier alpha value is -0.920. The van der Waals surface area contributed by atoms with Gasteiger partial charge >= 0.3 is 10.3 Å². The van der Waals surface area contributed by atoms with Crippen LogP contribution in [0.3, 0.4) is 0 Å². The smallest absolute Gasteiger partial charge is 0.333 e. The van der Waals surface area contributed by atoms with Crippen molar-refractivity contribution in [1.82, 2.24) is 4.90 Å². The maximum atomic E-state index is 11.3. The average Bonchev–Trinajstić information content (AvgIpc) is 2.14. The standard InChI is InChI=1S/C7H12N2O4S/c8-14(11,12)13-6-7(10)9-4-2-1-3-5-9/h1-2H,3-6H2,(H2,8,11,12). The number of carbonyl (C=O) groups is 1. The molecule has 0 aromatic heterocycles. The van der Waals surface area contributed by atoms with Crippen LogP contribution < -0.4 is 5.14 Å². The van der Waals surface area contributed by atoms with Crippen LogP contribution in [0.4, 0.5) is 0 Å². The molecule has 1 rings (SSSR count). The number of nitrogens with zero attached hydrogens (tertiary/aromatic N) is 1. The van der Waals surface area contributed by atoms with Gasteiger partial charge in [-0.15, -0.1) is 0 Å². The first-order valence-corrected chi connectivity index (χ1v) is 5.56. The molecular formula is C7H12N2O4S. The number of hydrogen-bond acceptors (Lipinski definition) is 4. The van der Waals surface area contributed by atoms with E-state index in [1.807, 2.05) is 12.2 Å². The first kappa shape index (κ1) is 11.2. The number of nitrogens with two attached hydrogens (primary N) is 1. The zero-order valence-electron chi connectivity index (χ0n) is 7.55. The molecule has 1 aliphatic heterocycles. The predicted molar refractivity (Wildman–Crippen MR) is 49.4 cm³/mol. The molecule has 0 aromatic carbocycles.